The zero-order chi connectivity index (χ0) is 14.8. The van der Waals surface area contributed by atoms with Gasteiger partial charge in [0.25, 0.3) is 0 Å². The molecule has 0 spiro atoms. The third-order valence-electron chi connectivity index (χ3n) is 3.57. The number of amides is 1. The van der Waals surface area contributed by atoms with E-state index in [0.29, 0.717) is 31.6 Å². The Kier molecular flexibility index (Phi) is 4.29. The molecule has 1 saturated heterocycles. The topological polar surface area (TPSA) is 92.5 Å². The third-order valence-corrected chi connectivity index (χ3v) is 5.46. The van der Waals surface area contributed by atoms with Gasteiger partial charge in [0.05, 0.1) is 4.90 Å². The zero-order valence-corrected chi connectivity index (χ0v) is 12.2. The van der Waals surface area contributed by atoms with Gasteiger partial charge in [0.15, 0.2) is 0 Å². The van der Waals surface area contributed by atoms with Crippen molar-refractivity contribution in [3.63, 3.8) is 0 Å². The number of carbonyl (C=O) groups excluding carboxylic acids is 1. The molecule has 0 radical (unpaired) electrons. The van der Waals surface area contributed by atoms with Crippen LogP contribution in [0.1, 0.15) is 12.8 Å². The Morgan fingerprint density at radius 1 is 1.35 bits per heavy atom. The minimum Gasteiger partial charge on any atom is -0.399 e. The Bertz CT molecular complexity index is 593. The molecule has 1 aromatic carbocycles. The molecule has 0 saturated carbocycles. The van der Waals surface area contributed by atoms with Gasteiger partial charge in [0.1, 0.15) is 0 Å². The highest BCUT2D eigenvalue weighted by Crippen LogP contribution is 2.24. The van der Waals surface area contributed by atoms with Crippen molar-refractivity contribution < 1.29 is 13.2 Å². The number of hydrogen-bond acceptors (Lipinski definition) is 4. The summed E-state index contributed by atoms with van der Waals surface area (Å²) in [5.41, 5.74) is 6.05. The van der Waals surface area contributed by atoms with Crippen LogP contribution in [-0.2, 0) is 14.8 Å². The molecule has 1 aliphatic rings. The number of benzene rings is 1. The largest absolute Gasteiger partial charge is 0.399 e. The third kappa shape index (κ3) is 2.94. The van der Waals surface area contributed by atoms with Crippen LogP contribution in [0, 0.1) is 5.92 Å². The van der Waals surface area contributed by atoms with E-state index >= 15 is 0 Å². The predicted octanol–water partition coefficient (Wildman–Crippen LogP) is 0.416. The van der Waals surface area contributed by atoms with Gasteiger partial charge in [0, 0.05) is 31.7 Å². The fourth-order valence-electron chi connectivity index (χ4n) is 2.39. The lowest BCUT2D eigenvalue weighted by Gasteiger charge is -2.30. The summed E-state index contributed by atoms with van der Waals surface area (Å²) in [6.45, 7) is 0.713. The van der Waals surface area contributed by atoms with Crippen molar-refractivity contribution in [1.29, 1.82) is 0 Å². The van der Waals surface area contributed by atoms with Crippen LogP contribution in [0.2, 0.25) is 0 Å². The highest BCUT2D eigenvalue weighted by Gasteiger charge is 2.31. The summed E-state index contributed by atoms with van der Waals surface area (Å²) in [6.07, 6.45) is 1.09. The van der Waals surface area contributed by atoms with Crippen LogP contribution in [0.3, 0.4) is 0 Å². The summed E-state index contributed by atoms with van der Waals surface area (Å²) in [6, 6.07) is 6.27. The molecule has 20 heavy (non-hydrogen) atoms. The number of nitrogen functional groups attached to an aromatic ring is 1. The van der Waals surface area contributed by atoms with Crippen LogP contribution in [0.4, 0.5) is 5.69 Å². The number of carbonyl (C=O) groups is 1. The first-order chi connectivity index (χ1) is 9.45. The average Bonchev–Trinajstić information content (AvgIpc) is 2.46. The summed E-state index contributed by atoms with van der Waals surface area (Å²) in [5.74, 6) is -0.127. The van der Waals surface area contributed by atoms with Crippen molar-refractivity contribution in [3.05, 3.63) is 24.3 Å². The molecule has 6 nitrogen and oxygen atoms in total. The maximum Gasteiger partial charge on any atom is 0.243 e. The average molecular weight is 297 g/mol. The normalized spacial score (nSPS) is 17.9. The number of anilines is 1. The Morgan fingerprint density at radius 3 is 2.55 bits per heavy atom. The predicted molar refractivity (Wildman–Crippen MR) is 76.4 cm³/mol. The molecule has 7 heteroatoms. The summed E-state index contributed by atoms with van der Waals surface area (Å²) in [4.78, 5) is 11.7. The number of nitrogens with one attached hydrogen (secondary N) is 1. The lowest BCUT2D eigenvalue weighted by Crippen LogP contribution is -2.42. The summed E-state index contributed by atoms with van der Waals surface area (Å²) >= 11 is 0. The highest BCUT2D eigenvalue weighted by molar-refractivity contribution is 7.89. The van der Waals surface area contributed by atoms with Gasteiger partial charge in [-0.1, -0.05) is 6.07 Å². The second kappa shape index (κ2) is 5.80. The number of hydrogen-bond donors (Lipinski definition) is 2. The Hall–Kier alpha value is -1.60. The second-order valence-corrected chi connectivity index (χ2v) is 6.80. The Labute approximate surface area is 119 Å². The van der Waals surface area contributed by atoms with Crippen LogP contribution in [-0.4, -0.2) is 38.8 Å². The van der Waals surface area contributed by atoms with Crippen molar-refractivity contribution in [2.24, 2.45) is 5.92 Å². The summed E-state index contributed by atoms with van der Waals surface area (Å²) < 4.78 is 26.3. The Morgan fingerprint density at radius 2 is 2.00 bits per heavy atom. The molecule has 1 fully saturated rings. The van der Waals surface area contributed by atoms with Crippen LogP contribution in [0.5, 0.6) is 0 Å². The van der Waals surface area contributed by atoms with Crippen LogP contribution in [0.25, 0.3) is 0 Å². The minimum absolute atomic E-state index is 0.0222. The maximum absolute atomic E-state index is 12.5. The molecule has 3 N–H and O–H groups in total. The monoisotopic (exact) mass is 297 g/mol. The van der Waals surface area contributed by atoms with E-state index in [1.165, 1.54) is 16.4 Å². The molecule has 1 aromatic rings. The number of nitrogens with zero attached hydrogens (tertiary/aromatic N) is 1. The molecular formula is C13H19N3O3S. The molecule has 0 bridgehead atoms. The van der Waals surface area contributed by atoms with Crippen molar-refractivity contribution >= 4 is 21.6 Å². The number of sulfonamides is 1. The fraction of sp³-hybridized carbons (Fsp3) is 0.462. The number of nitrogens with two attached hydrogens (primary N) is 1. The molecule has 2 rings (SSSR count). The first-order valence-corrected chi connectivity index (χ1v) is 7.96. The molecular weight excluding hydrogens is 278 g/mol. The molecule has 1 amide bonds. The van der Waals surface area contributed by atoms with E-state index in [0.717, 1.165) is 0 Å². The van der Waals surface area contributed by atoms with E-state index in [2.05, 4.69) is 5.32 Å². The molecule has 1 heterocycles. The van der Waals surface area contributed by atoms with E-state index in [1.54, 1.807) is 19.2 Å². The quantitative estimate of drug-likeness (QED) is 0.791. The van der Waals surface area contributed by atoms with Crippen LogP contribution >= 0.6 is 0 Å². The first kappa shape index (κ1) is 14.8. The number of piperidine rings is 1. The van der Waals surface area contributed by atoms with Crippen molar-refractivity contribution in [2.75, 3.05) is 25.9 Å². The van der Waals surface area contributed by atoms with Gasteiger partial charge in [-0.05, 0) is 31.0 Å². The van der Waals surface area contributed by atoms with Gasteiger partial charge in [0.2, 0.25) is 15.9 Å². The van der Waals surface area contributed by atoms with Crippen LogP contribution in [0.15, 0.2) is 29.2 Å². The van der Waals surface area contributed by atoms with Gasteiger partial charge >= 0.3 is 0 Å². The van der Waals surface area contributed by atoms with Gasteiger partial charge in [-0.2, -0.15) is 4.31 Å². The van der Waals surface area contributed by atoms with Gasteiger partial charge < -0.3 is 11.1 Å². The zero-order valence-electron chi connectivity index (χ0n) is 11.4. The molecule has 0 unspecified atom stereocenters. The lowest BCUT2D eigenvalue weighted by molar-refractivity contribution is -0.125. The Balaban J connectivity index is 2.11. The minimum atomic E-state index is -3.52. The van der Waals surface area contributed by atoms with Gasteiger partial charge in [-0.3, -0.25) is 4.79 Å². The standard InChI is InChI=1S/C13H19N3O3S/c1-15-13(17)10-5-7-16(8-6-10)20(18,19)12-4-2-3-11(14)9-12/h2-4,9-10H,5-8,14H2,1H3,(H,15,17). The van der Waals surface area contributed by atoms with E-state index in [1.807, 2.05) is 0 Å². The van der Waals surface area contributed by atoms with Crippen molar-refractivity contribution in [2.45, 2.75) is 17.7 Å². The van der Waals surface area contributed by atoms with Gasteiger partial charge in [-0.25, -0.2) is 8.42 Å². The summed E-state index contributed by atoms with van der Waals surface area (Å²) in [5, 5.41) is 2.60. The second-order valence-electron chi connectivity index (χ2n) is 4.87. The maximum atomic E-state index is 12.5. The molecule has 110 valence electrons. The molecule has 0 aliphatic carbocycles. The van der Waals surface area contributed by atoms with Crippen molar-refractivity contribution in [3.8, 4) is 0 Å². The van der Waals surface area contributed by atoms with E-state index < -0.39 is 10.0 Å². The molecule has 0 aromatic heterocycles. The molecule has 0 atom stereocenters. The van der Waals surface area contributed by atoms with Crippen LogP contribution < -0.4 is 11.1 Å². The molecule has 1 aliphatic heterocycles. The highest BCUT2D eigenvalue weighted by atomic mass is 32.2. The van der Waals surface area contributed by atoms with Crippen molar-refractivity contribution in [1.82, 2.24) is 9.62 Å². The van der Waals surface area contributed by atoms with Gasteiger partial charge in [-0.15, -0.1) is 0 Å². The summed E-state index contributed by atoms with van der Waals surface area (Å²) in [7, 11) is -1.92. The van der Waals surface area contributed by atoms with E-state index in [9.17, 15) is 13.2 Å². The smallest absolute Gasteiger partial charge is 0.243 e. The SMILES string of the molecule is CNC(=O)C1CCN(S(=O)(=O)c2cccc(N)c2)CC1. The van der Waals surface area contributed by atoms with E-state index in [-0.39, 0.29) is 16.7 Å². The first-order valence-electron chi connectivity index (χ1n) is 6.52. The lowest BCUT2D eigenvalue weighted by atomic mass is 9.97. The van der Waals surface area contributed by atoms with E-state index in [4.69, 9.17) is 5.73 Å². The number of rotatable bonds is 3. The fourth-order valence-corrected chi connectivity index (χ4v) is 3.91.